The molecular weight excluding hydrogens is 352 g/mol. The molecule has 140 valence electrons. The number of nitrogens with zero attached hydrogens (tertiary/aromatic N) is 2. The summed E-state index contributed by atoms with van der Waals surface area (Å²) in [6, 6.07) is 30.3. The Kier molecular flexibility index (Phi) is 4.45. The first-order valence-corrected chi connectivity index (χ1v) is 9.96. The predicted molar refractivity (Wildman–Crippen MR) is 125 cm³/mol. The highest BCUT2D eigenvalue weighted by Crippen LogP contribution is 2.40. The van der Waals surface area contributed by atoms with Crippen LogP contribution in [-0.4, -0.2) is 12.8 Å². The highest BCUT2D eigenvalue weighted by molar-refractivity contribution is 5.93. The van der Waals surface area contributed by atoms with Gasteiger partial charge in [-0.3, -0.25) is 5.01 Å². The summed E-state index contributed by atoms with van der Waals surface area (Å²) in [5.41, 5.74) is 7.31. The average Bonchev–Trinajstić information content (AvgIpc) is 2.79. The average molecular weight is 374 g/mol. The van der Waals surface area contributed by atoms with Gasteiger partial charge in [0.05, 0.1) is 12.2 Å². The van der Waals surface area contributed by atoms with Crippen LogP contribution in [0.25, 0.3) is 33.0 Å². The number of rotatable bonds is 3. The first-order chi connectivity index (χ1) is 14.3. The summed E-state index contributed by atoms with van der Waals surface area (Å²) < 4.78 is 0. The lowest BCUT2D eigenvalue weighted by molar-refractivity contribution is 0.932. The van der Waals surface area contributed by atoms with Crippen molar-refractivity contribution in [3.8, 4) is 22.3 Å². The lowest BCUT2D eigenvalue weighted by Gasteiger charge is -2.26. The van der Waals surface area contributed by atoms with Crippen LogP contribution < -0.4 is 5.01 Å². The molecule has 0 amide bonds. The molecular formula is C27H22N2. The maximum absolute atomic E-state index is 4.67. The van der Waals surface area contributed by atoms with Crippen molar-refractivity contribution >= 4 is 22.7 Å². The van der Waals surface area contributed by atoms with Crippen molar-refractivity contribution in [2.75, 3.05) is 11.6 Å². The van der Waals surface area contributed by atoms with E-state index >= 15 is 0 Å². The van der Waals surface area contributed by atoms with Crippen LogP contribution in [0.2, 0.25) is 0 Å². The van der Waals surface area contributed by atoms with Crippen molar-refractivity contribution < 1.29 is 0 Å². The number of allylic oxidation sites excluding steroid dienone is 1. The fourth-order valence-electron chi connectivity index (χ4n) is 4.09. The Morgan fingerprint density at radius 3 is 2.28 bits per heavy atom. The predicted octanol–water partition coefficient (Wildman–Crippen LogP) is 6.84. The zero-order valence-corrected chi connectivity index (χ0v) is 16.4. The molecule has 0 aromatic heterocycles. The smallest absolute Gasteiger partial charge is 0.0711 e. The summed E-state index contributed by atoms with van der Waals surface area (Å²) in [5, 5.41) is 9.28. The van der Waals surface area contributed by atoms with Crippen LogP contribution in [0, 0.1) is 6.92 Å². The van der Waals surface area contributed by atoms with Gasteiger partial charge in [-0.25, -0.2) is 0 Å². The van der Waals surface area contributed by atoms with Crippen molar-refractivity contribution in [3.05, 3.63) is 103 Å². The molecule has 0 fully saturated rings. The second kappa shape index (κ2) is 7.40. The summed E-state index contributed by atoms with van der Waals surface area (Å²) in [4.78, 5) is 0. The molecule has 4 aromatic rings. The molecule has 2 heteroatoms. The van der Waals surface area contributed by atoms with Gasteiger partial charge >= 0.3 is 0 Å². The van der Waals surface area contributed by atoms with E-state index in [1.54, 1.807) is 0 Å². The Bertz CT molecular complexity index is 1240. The van der Waals surface area contributed by atoms with Gasteiger partial charge in [0, 0.05) is 11.8 Å². The van der Waals surface area contributed by atoms with Crippen LogP contribution in [0.3, 0.4) is 0 Å². The molecule has 5 rings (SSSR count). The van der Waals surface area contributed by atoms with Gasteiger partial charge < -0.3 is 0 Å². The number of hydrogen-bond donors (Lipinski definition) is 0. The summed E-state index contributed by atoms with van der Waals surface area (Å²) in [5.74, 6) is 0. The zero-order chi connectivity index (χ0) is 19.6. The van der Waals surface area contributed by atoms with Gasteiger partial charge in [-0.15, -0.1) is 0 Å². The normalized spacial score (nSPS) is 13.2. The Morgan fingerprint density at radius 1 is 0.724 bits per heavy atom. The Morgan fingerprint density at radius 2 is 1.48 bits per heavy atom. The van der Waals surface area contributed by atoms with Crippen LogP contribution in [0.4, 0.5) is 5.69 Å². The molecule has 0 atom stereocenters. The van der Waals surface area contributed by atoms with Gasteiger partial charge in [-0.1, -0.05) is 84.9 Å². The lowest BCUT2D eigenvalue weighted by Crippen LogP contribution is -2.20. The molecule has 0 saturated carbocycles. The molecule has 1 aliphatic rings. The Balaban J connectivity index is 1.72. The van der Waals surface area contributed by atoms with E-state index in [-0.39, 0.29) is 0 Å². The van der Waals surface area contributed by atoms with E-state index in [4.69, 9.17) is 0 Å². The maximum Gasteiger partial charge on any atom is 0.0711 e. The summed E-state index contributed by atoms with van der Waals surface area (Å²) in [6.45, 7) is 2.98. The molecule has 0 unspecified atom stereocenters. The molecule has 0 aliphatic carbocycles. The van der Waals surface area contributed by atoms with Gasteiger partial charge in [-0.05, 0) is 52.1 Å². The molecule has 0 bridgehead atoms. The Labute approximate surface area is 171 Å². The minimum atomic E-state index is 0.774. The zero-order valence-electron chi connectivity index (χ0n) is 16.4. The molecule has 2 nitrogen and oxygen atoms in total. The third-order valence-electron chi connectivity index (χ3n) is 5.54. The largest absolute Gasteiger partial charge is 0.261 e. The van der Waals surface area contributed by atoms with E-state index in [1.807, 2.05) is 12.3 Å². The monoisotopic (exact) mass is 374 g/mol. The van der Waals surface area contributed by atoms with E-state index in [0.717, 1.165) is 6.54 Å². The minimum absolute atomic E-state index is 0.774. The molecule has 0 radical (unpaired) electrons. The highest BCUT2D eigenvalue weighted by Gasteiger charge is 2.18. The summed E-state index contributed by atoms with van der Waals surface area (Å²) in [7, 11) is 0. The molecule has 1 heterocycles. The molecule has 0 saturated heterocycles. The van der Waals surface area contributed by atoms with Crippen LogP contribution in [0.5, 0.6) is 0 Å². The number of hydrazone groups is 1. The summed E-state index contributed by atoms with van der Waals surface area (Å²) >= 11 is 0. The van der Waals surface area contributed by atoms with E-state index in [2.05, 4.69) is 108 Å². The number of anilines is 1. The van der Waals surface area contributed by atoms with Gasteiger partial charge in [0.2, 0.25) is 0 Å². The van der Waals surface area contributed by atoms with Gasteiger partial charge in [0.1, 0.15) is 0 Å². The van der Waals surface area contributed by atoms with E-state index < -0.39 is 0 Å². The van der Waals surface area contributed by atoms with Gasteiger partial charge in [0.25, 0.3) is 0 Å². The van der Waals surface area contributed by atoms with Crippen LogP contribution in [-0.2, 0) is 0 Å². The van der Waals surface area contributed by atoms with Crippen molar-refractivity contribution in [3.63, 3.8) is 0 Å². The van der Waals surface area contributed by atoms with Gasteiger partial charge in [0.15, 0.2) is 0 Å². The molecule has 1 aliphatic heterocycles. The molecule has 4 aromatic carbocycles. The van der Waals surface area contributed by atoms with Crippen molar-refractivity contribution in [2.45, 2.75) is 6.92 Å². The molecule has 0 spiro atoms. The fourth-order valence-corrected chi connectivity index (χ4v) is 4.09. The van der Waals surface area contributed by atoms with E-state index in [0.29, 0.717) is 0 Å². The van der Waals surface area contributed by atoms with Crippen molar-refractivity contribution in [1.29, 1.82) is 0 Å². The second-order valence-corrected chi connectivity index (χ2v) is 7.34. The van der Waals surface area contributed by atoms with Crippen LogP contribution in [0.1, 0.15) is 5.56 Å². The van der Waals surface area contributed by atoms with Crippen molar-refractivity contribution in [1.82, 2.24) is 0 Å². The molecule has 0 N–H and O–H groups in total. The second-order valence-electron chi connectivity index (χ2n) is 7.34. The SMILES string of the molecule is Cc1c(-c2ccccc2)ccc(-c2ccc3ccccc3c2)c1N1CC=CC=N1. The maximum atomic E-state index is 4.67. The first kappa shape index (κ1) is 17.4. The number of fused-ring (bicyclic) bond motifs is 1. The fraction of sp³-hybridized carbons (Fsp3) is 0.0741. The number of benzene rings is 4. The van der Waals surface area contributed by atoms with Crippen LogP contribution in [0.15, 0.2) is 102 Å². The third kappa shape index (κ3) is 3.23. The highest BCUT2D eigenvalue weighted by atomic mass is 15.5. The lowest BCUT2D eigenvalue weighted by atomic mass is 9.92. The standard InChI is InChI=1S/C27H22N2/c1-20-25(22-10-3-2-4-11-22)15-16-26(27(20)29-18-8-7-17-28-29)24-14-13-21-9-5-6-12-23(21)19-24/h2-17,19H,18H2,1H3. The summed E-state index contributed by atoms with van der Waals surface area (Å²) in [6.07, 6.45) is 6.01. The van der Waals surface area contributed by atoms with E-state index in [1.165, 1.54) is 44.3 Å². The van der Waals surface area contributed by atoms with Crippen LogP contribution >= 0.6 is 0 Å². The minimum Gasteiger partial charge on any atom is -0.261 e. The molecule has 29 heavy (non-hydrogen) atoms. The Hall–Kier alpha value is -3.65. The third-order valence-corrected chi connectivity index (χ3v) is 5.54. The van der Waals surface area contributed by atoms with Crippen molar-refractivity contribution in [2.24, 2.45) is 5.10 Å². The quantitative estimate of drug-likeness (QED) is 0.383. The number of hydrogen-bond acceptors (Lipinski definition) is 2. The first-order valence-electron chi connectivity index (χ1n) is 9.96. The van der Waals surface area contributed by atoms with Gasteiger partial charge in [-0.2, -0.15) is 5.10 Å². The topological polar surface area (TPSA) is 15.6 Å². The van der Waals surface area contributed by atoms with E-state index in [9.17, 15) is 0 Å².